The fourth-order valence-corrected chi connectivity index (χ4v) is 2.20. The van der Waals surface area contributed by atoms with Crippen LogP contribution in [0.3, 0.4) is 0 Å². The van der Waals surface area contributed by atoms with Crippen molar-refractivity contribution >= 4 is 11.8 Å². The van der Waals surface area contributed by atoms with Crippen molar-refractivity contribution in [3.8, 4) is 6.07 Å². The largest absolute Gasteiger partial charge is 0.445 e. The Hall–Kier alpha value is -3.00. The van der Waals surface area contributed by atoms with E-state index in [9.17, 15) is 4.79 Å². The van der Waals surface area contributed by atoms with Crippen LogP contribution in [0.5, 0.6) is 0 Å². The van der Waals surface area contributed by atoms with Crippen molar-refractivity contribution in [2.75, 3.05) is 12.8 Å². The van der Waals surface area contributed by atoms with E-state index >= 15 is 0 Å². The van der Waals surface area contributed by atoms with Crippen molar-refractivity contribution < 1.29 is 9.53 Å². The summed E-state index contributed by atoms with van der Waals surface area (Å²) in [5.41, 5.74) is 9.05. The van der Waals surface area contributed by atoms with Crippen molar-refractivity contribution in [1.29, 1.82) is 5.26 Å². The minimum Gasteiger partial charge on any atom is -0.445 e. The summed E-state index contributed by atoms with van der Waals surface area (Å²) >= 11 is 0. The summed E-state index contributed by atoms with van der Waals surface area (Å²) in [5, 5.41) is 8.88. The summed E-state index contributed by atoms with van der Waals surface area (Å²) < 4.78 is 5.28. The van der Waals surface area contributed by atoms with Gasteiger partial charge in [0.25, 0.3) is 0 Å². The molecule has 0 aliphatic heterocycles. The number of carbonyl (C=O) groups excluding carboxylic acids is 1. The summed E-state index contributed by atoms with van der Waals surface area (Å²) in [5.74, 6) is 0. The number of nitrogen functional groups attached to an aromatic ring is 1. The Morgan fingerprint density at radius 1 is 1.22 bits per heavy atom. The molecule has 5 heteroatoms. The molecule has 0 atom stereocenters. The molecule has 2 rings (SSSR count). The number of nitrogens with two attached hydrogens (primary N) is 1. The van der Waals surface area contributed by atoms with Crippen LogP contribution in [-0.2, 0) is 24.3 Å². The van der Waals surface area contributed by atoms with Crippen LogP contribution < -0.4 is 5.73 Å². The number of nitriles is 1. The van der Waals surface area contributed by atoms with Crippen LogP contribution in [0.4, 0.5) is 10.5 Å². The van der Waals surface area contributed by atoms with E-state index in [1.54, 1.807) is 19.2 Å². The van der Waals surface area contributed by atoms with Crippen LogP contribution in [0.25, 0.3) is 0 Å². The number of hydrogen-bond acceptors (Lipinski definition) is 4. The molecule has 0 unspecified atom stereocenters. The molecule has 0 saturated carbocycles. The van der Waals surface area contributed by atoms with Crippen LogP contribution in [0.15, 0.2) is 48.5 Å². The number of ether oxygens (including phenoxy) is 1. The minimum atomic E-state index is -0.417. The third-order valence-electron chi connectivity index (χ3n) is 3.42. The number of nitrogens with zero attached hydrogens (tertiary/aromatic N) is 2. The highest BCUT2D eigenvalue weighted by atomic mass is 16.6. The van der Waals surface area contributed by atoms with E-state index in [4.69, 9.17) is 15.7 Å². The molecule has 0 heterocycles. The number of anilines is 1. The molecule has 0 fully saturated rings. The molecular formula is C18H19N3O2. The van der Waals surface area contributed by atoms with Gasteiger partial charge in [-0.25, -0.2) is 4.79 Å². The highest BCUT2D eigenvalue weighted by molar-refractivity contribution is 5.67. The van der Waals surface area contributed by atoms with Gasteiger partial charge >= 0.3 is 6.09 Å². The molecule has 0 saturated heterocycles. The molecule has 0 radical (unpaired) electrons. The van der Waals surface area contributed by atoms with E-state index < -0.39 is 6.09 Å². The van der Waals surface area contributed by atoms with Crippen LogP contribution in [-0.4, -0.2) is 18.0 Å². The Bertz CT molecular complexity index is 708. The number of rotatable bonds is 5. The highest BCUT2D eigenvalue weighted by Gasteiger charge is 2.13. The second-order valence-corrected chi connectivity index (χ2v) is 5.26. The lowest BCUT2D eigenvalue weighted by molar-refractivity contribution is 0.103. The fraction of sp³-hybridized carbons (Fsp3) is 0.222. The molecule has 0 aliphatic carbocycles. The molecule has 2 aromatic rings. The van der Waals surface area contributed by atoms with E-state index in [1.165, 1.54) is 4.90 Å². The van der Waals surface area contributed by atoms with Crippen LogP contribution in [0, 0.1) is 11.3 Å². The number of hydrogen-bond donors (Lipinski definition) is 1. The maximum atomic E-state index is 12.1. The molecule has 0 spiro atoms. The molecule has 0 aromatic heterocycles. The van der Waals surface area contributed by atoms with Gasteiger partial charge in [-0.3, -0.25) is 0 Å². The molecule has 1 amide bonds. The average molecular weight is 309 g/mol. The van der Waals surface area contributed by atoms with Gasteiger partial charge < -0.3 is 15.4 Å². The maximum Gasteiger partial charge on any atom is 0.410 e. The van der Waals surface area contributed by atoms with E-state index in [0.717, 1.165) is 16.7 Å². The van der Waals surface area contributed by atoms with Gasteiger partial charge in [-0.2, -0.15) is 5.26 Å². The third kappa shape index (κ3) is 4.75. The zero-order chi connectivity index (χ0) is 16.7. The van der Waals surface area contributed by atoms with E-state index in [-0.39, 0.29) is 13.0 Å². The van der Waals surface area contributed by atoms with Gasteiger partial charge in [0, 0.05) is 19.3 Å². The van der Waals surface area contributed by atoms with Gasteiger partial charge in [0.05, 0.1) is 12.5 Å². The normalized spacial score (nSPS) is 9.91. The predicted molar refractivity (Wildman–Crippen MR) is 88.3 cm³/mol. The monoisotopic (exact) mass is 309 g/mol. The molecule has 0 aliphatic rings. The molecule has 118 valence electrons. The first-order valence-electron chi connectivity index (χ1n) is 7.26. The zero-order valence-electron chi connectivity index (χ0n) is 13.0. The lowest BCUT2D eigenvalue weighted by Crippen LogP contribution is -2.27. The van der Waals surface area contributed by atoms with Crippen molar-refractivity contribution in [2.45, 2.75) is 19.6 Å². The van der Waals surface area contributed by atoms with Crippen molar-refractivity contribution in [3.05, 3.63) is 65.2 Å². The number of amides is 1. The molecular weight excluding hydrogens is 290 g/mol. The smallest absolute Gasteiger partial charge is 0.410 e. The summed E-state index contributed by atoms with van der Waals surface area (Å²) in [7, 11) is 1.66. The quantitative estimate of drug-likeness (QED) is 0.861. The van der Waals surface area contributed by atoms with Crippen LogP contribution >= 0.6 is 0 Å². The molecule has 0 bridgehead atoms. The second-order valence-electron chi connectivity index (χ2n) is 5.26. The standard InChI is InChI=1S/C18H19N3O2/c1-21(18(22)23-13-14-5-3-2-4-6-14)12-16-11-17(20)8-7-15(16)9-10-19/h2-8,11H,9,12-13,20H2,1H3. The lowest BCUT2D eigenvalue weighted by Gasteiger charge is -2.19. The van der Waals surface area contributed by atoms with E-state index in [1.807, 2.05) is 36.4 Å². The van der Waals surface area contributed by atoms with Gasteiger partial charge in [0.1, 0.15) is 6.61 Å². The SMILES string of the molecule is CN(Cc1cc(N)ccc1CC#N)C(=O)OCc1ccccc1. The Morgan fingerprint density at radius 2 is 1.96 bits per heavy atom. The molecule has 5 nitrogen and oxygen atoms in total. The van der Waals surface area contributed by atoms with Crippen LogP contribution in [0.2, 0.25) is 0 Å². The number of carbonyl (C=O) groups is 1. The van der Waals surface area contributed by atoms with E-state index in [0.29, 0.717) is 12.2 Å². The van der Waals surface area contributed by atoms with E-state index in [2.05, 4.69) is 6.07 Å². The molecule has 23 heavy (non-hydrogen) atoms. The average Bonchev–Trinajstić information content (AvgIpc) is 2.56. The topological polar surface area (TPSA) is 79.4 Å². The first-order chi connectivity index (χ1) is 11.1. The van der Waals surface area contributed by atoms with Crippen LogP contribution in [0.1, 0.15) is 16.7 Å². The Morgan fingerprint density at radius 3 is 2.65 bits per heavy atom. The first kappa shape index (κ1) is 16.4. The van der Waals surface area contributed by atoms with Gasteiger partial charge in [0.15, 0.2) is 0 Å². The molecule has 2 aromatic carbocycles. The second kappa shape index (κ2) is 7.85. The van der Waals surface area contributed by atoms with Gasteiger partial charge in [0.2, 0.25) is 0 Å². The summed E-state index contributed by atoms with van der Waals surface area (Å²) in [6, 6.07) is 17.0. The fourth-order valence-electron chi connectivity index (χ4n) is 2.20. The Balaban J connectivity index is 1.98. The van der Waals surface area contributed by atoms with Crippen molar-refractivity contribution in [1.82, 2.24) is 4.90 Å². The lowest BCUT2D eigenvalue weighted by atomic mass is 10.0. The molecule has 2 N–H and O–H groups in total. The Labute approximate surface area is 135 Å². The number of benzene rings is 2. The maximum absolute atomic E-state index is 12.1. The highest BCUT2D eigenvalue weighted by Crippen LogP contribution is 2.16. The Kier molecular flexibility index (Phi) is 5.59. The third-order valence-corrected chi connectivity index (χ3v) is 3.42. The van der Waals surface area contributed by atoms with Gasteiger partial charge in [-0.05, 0) is 28.8 Å². The first-order valence-corrected chi connectivity index (χ1v) is 7.26. The van der Waals surface area contributed by atoms with Crippen molar-refractivity contribution in [2.24, 2.45) is 0 Å². The summed E-state index contributed by atoms with van der Waals surface area (Å²) in [6.07, 6.45) is -0.137. The van der Waals surface area contributed by atoms with Gasteiger partial charge in [-0.1, -0.05) is 36.4 Å². The summed E-state index contributed by atoms with van der Waals surface area (Å²) in [6.45, 7) is 0.571. The minimum absolute atomic E-state index is 0.228. The van der Waals surface area contributed by atoms with Crippen molar-refractivity contribution in [3.63, 3.8) is 0 Å². The van der Waals surface area contributed by atoms with Gasteiger partial charge in [-0.15, -0.1) is 0 Å². The summed E-state index contributed by atoms with van der Waals surface area (Å²) in [4.78, 5) is 13.6. The zero-order valence-corrected chi connectivity index (χ0v) is 13.0. The predicted octanol–water partition coefficient (Wildman–Crippen LogP) is 3.10.